The van der Waals surface area contributed by atoms with Gasteiger partial charge in [-0.15, -0.1) is 11.3 Å². The van der Waals surface area contributed by atoms with Crippen LogP contribution in [0.1, 0.15) is 25.8 Å². The van der Waals surface area contributed by atoms with Gasteiger partial charge >= 0.3 is 0 Å². The summed E-state index contributed by atoms with van der Waals surface area (Å²) in [6, 6.07) is 6.83. The first-order valence-corrected chi connectivity index (χ1v) is 11.2. The molecule has 4 heterocycles. The summed E-state index contributed by atoms with van der Waals surface area (Å²) in [6.45, 7) is 3.99. The van der Waals surface area contributed by atoms with Crippen LogP contribution in [-0.4, -0.2) is 40.4 Å². The summed E-state index contributed by atoms with van der Waals surface area (Å²) in [7, 11) is 0. The maximum absolute atomic E-state index is 13.6. The lowest BCUT2D eigenvalue weighted by molar-refractivity contribution is -0.124. The Labute approximate surface area is 177 Å². The molecule has 0 bridgehead atoms. The fourth-order valence-corrected chi connectivity index (χ4v) is 5.68. The Morgan fingerprint density at radius 3 is 2.83 bits per heavy atom. The van der Waals surface area contributed by atoms with Gasteiger partial charge in [-0.1, -0.05) is 6.92 Å². The second-order valence-electron chi connectivity index (χ2n) is 8.67. The van der Waals surface area contributed by atoms with Gasteiger partial charge in [0, 0.05) is 24.2 Å². The highest BCUT2D eigenvalue weighted by atomic mass is 32.1. The van der Waals surface area contributed by atoms with Crippen LogP contribution in [0.2, 0.25) is 0 Å². The number of hydrogen-bond acceptors (Lipinski definition) is 6. The van der Waals surface area contributed by atoms with E-state index in [0.29, 0.717) is 19.8 Å². The minimum Gasteiger partial charge on any atom is -0.377 e. The number of carbonyl (C=O) groups is 1. The quantitative estimate of drug-likeness (QED) is 0.645. The molecule has 8 heteroatoms. The first-order valence-electron chi connectivity index (χ1n) is 10.3. The van der Waals surface area contributed by atoms with Gasteiger partial charge in [0.1, 0.15) is 5.41 Å². The van der Waals surface area contributed by atoms with E-state index in [1.165, 1.54) is 11.3 Å². The number of aromatic nitrogens is 3. The Morgan fingerprint density at radius 2 is 2.13 bits per heavy atom. The number of hydrogen-bond donors (Lipinski definition) is 0. The number of ether oxygens (including phenoxy) is 1. The third-order valence-corrected chi connectivity index (χ3v) is 7.74. The van der Waals surface area contributed by atoms with Crippen LogP contribution in [0, 0.1) is 28.6 Å². The molecule has 3 aromatic rings. The molecule has 152 valence electrons. The molecule has 1 saturated carbocycles. The SMILES string of the molecule is C[C@@H]1CN(c2cc(-c3cnn(C4COC4)c3)cc3ncsc23)C(=O)[C@]1(C#N)C1CC1. The predicted molar refractivity (Wildman–Crippen MR) is 113 cm³/mol. The molecule has 30 heavy (non-hydrogen) atoms. The number of nitriles is 1. The molecule has 2 aromatic heterocycles. The summed E-state index contributed by atoms with van der Waals surface area (Å²) in [4.78, 5) is 19.9. The van der Waals surface area contributed by atoms with Gasteiger partial charge in [0.05, 0.1) is 52.9 Å². The van der Waals surface area contributed by atoms with Crippen molar-refractivity contribution in [2.45, 2.75) is 25.8 Å². The normalized spacial score (nSPS) is 26.9. The zero-order valence-corrected chi connectivity index (χ0v) is 17.4. The van der Waals surface area contributed by atoms with Gasteiger partial charge in [0.15, 0.2) is 0 Å². The number of rotatable bonds is 4. The number of fused-ring (bicyclic) bond motifs is 1. The van der Waals surface area contributed by atoms with Crippen molar-refractivity contribution < 1.29 is 9.53 Å². The van der Waals surface area contributed by atoms with Gasteiger partial charge in [0.2, 0.25) is 5.91 Å². The number of thiazole rings is 1. The van der Waals surface area contributed by atoms with E-state index < -0.39 is 5.41 Å². The minimum absolute atomic E-state index is 0.00972. The molecule has 2 saturated heterocycles. The van der Waals surface area contributed by atoms with Crippen LogP contribution >= 0.6 is 11.3 Å². The van der Waals surface area contributed by atoms with Crippen molar-refractivity contribution in [3.63, 3.8) is 0 Å². The second kappa shape index (κ2) is 6.37. The monoisotopic (exact) mass is 419 g/mol. The van der Waals surface area contributed by atoms with Gasteiger partial charge in [-0.05, 0) is 36.5 Å². The summed E-state index contributed by atoms with van der Waals surface area (Å²) in [5.41, 5.74) is 4.63. The molecule has 0 N–H and O–H groups in total. The number of benzene rings is 1. The molecule has 7 nitrogen and oxygen atoms in total. The van der Waals surface area contributed by atoms with E-state index in [1.54, 1.807) is 0 Å². The summed E-state index contributed by atoms with van der Waals surface area (Å²) in [6.07, 6.45) is 5.83. The number of anilines is 1. The number of nitrogens with zero attached hydrogens (tertiary/aromatic N) is 5. The fourth-order valence-electron chi connectivity index (χ4n) is 4.89. The van der Waals surface area contributed by atoms with Gasteiger partial charge in [-0.25, -0.2) is 4.98 Å². The van der Waals surface area contributed by atoms with Crippen LogP contribution in [0.25, 0.3) is 21.3 Å². The van der Waals surface area contributed by atoms with Crippen molar-refractivity contribution in [2.24, 2.45) is 17.3 Å². The molecule has 2 atom stereocenters. The van der Waals surface area contributed by atoms with Crippen molar-refractivity contribution in [1.82, 2.24) is 14.8 Å². The predicted octanol–water partition coefficient (Wildman–Crippen LogP) is 3.63. The lowest BCUT2D eigenvalue weighted by atomic mass is 9.75. The molecule has 3 fully saturated rings. The van der Waals surface area contributed by atoms with Crippen LogP contribution < -0.4 is 4.90 Å². The third-order valence-electron chi connectivity index (χ3n) is 6.87. The summed E-state index contributed by atoms with van der Waals surface area (Å²) in [5.74, 6) is 0.155. The maximum atomic E-state index is 13.6. The van der Waals surface area contributed by atoms with Crippen molar-refractivity contribution in [1.29, 1.82) is 5.26 Å². The van der Waals surface area contributed by atoms with E-state index >= 15 is 0 Å². The number of carbonyl (C=O) groups excluding carboxylic acids is 1. The Hall–Kier alpha value is -2.76. The molecule has 1 aliphatic carbocycles. The van der Waals surface area contributed by atoms with Crippen molar-refractivity contribution >= 4 is 33.1 Å². The summed E-state index contributed by atoms with van der Waals surface area (Å²) < 4.78 is 8.21. The molecule has 1 amide bonds. The van der Waals surface area contributed by atoms with Crippen molar-refractivity contribution in [3.8, 4) is 17.2 Å². The van der Waals surface area contributed by atoms with Crippen molar-refractivity contribution in [3.05, 3.63) is 30.0 Å². The molecule has 0 spiro atoms. The molecule has 0 radical (unpaired) electrons. The van der Waals surface area contributed by atoms with Crippen LogP contribution in [0.4, 0.5) is 5.69 Å². The lowest BCUT2D eigenvalue weighted by Crippen LogP contribution is -2.37. The van der Waals surface area contributed by atoms with Crippen LogP contribution in [0.15, 0.2) is 30.0 Å². The Balaban J connectivity index is 1.44. The minimum atomic E-state index is -0.887. The zero-order chi connectivity index (χ0) is 20.5. The number of amides is 1. The molecular weight excluding hydrogens is 398 g/mol. The average Bonchev–Trinajstić information content (AvgIpc) is 3.15. The Bertz CT molecular complexity index is 1200. The van der Waals surface area contributed by atoms with E-state index in [1.807, 2.05) is 34.4 Å². The molecule has 3 aliphatic rings. The van der Waals surface area contributed by atoms with E-state index in [4.69, 9.17) is 4.74 Å². The molecule has 6 rings (SSSR count). The Kier molecular flexibility index (Phi) is 3.83. The highest BCUT2D eigenvalue weighted by Crippen LogP contribution is 2.55. The first kappa shape index (κ1) is 18.0. The highest BCUT2D eigenvalue weighted by molar-refractivity contribution is 7.17. The third kappa shape index (κ3) is 2.42. The van der Waals surface area contributed by atoms with E-state index in [-0.39, 0.29) is 23.8 Å². The van der Waals surface area contributed by atoms with Crippen molar-refractivity contribution in [2.75, 3.05) is 24.7 Å². The Morgan fingerprint density at radius 1 is 1.30 bits per heavy atom. The van der Waals surface area contributed by atoms with Crippen LogP contribution in [0.5, 0.6) is 0 Å². The largest absolute Gasteiger partial charge is 0.377 e. The first-order chi connectivity index (χ1) is 14.6. The summed E-state index contributed by atoms with van der Waals surface area (Å²) in [5, 5.41) is 14.5. The molecule has 1 aromatic carbocycles. The molecule has 0 unspecified atom stereocenters. The van der Waals surface area contributed by atoms with Gasteiger partial charge in [-0.2, -0.15) is 10.4 Å². The van der Waals surface area contributed by atoms with Gasteiger partial charge in [-0.3, -0.25) is 9.48 Å². The average molecular weight is 420 g/mol. The fraction of sp³-hybridized carbons (Fsp3) is 0.455. The second-order valence-corrected chi connectivity index (χ2v) is 9.52. The standard InChI is InChI=1S/C22H21N5O2S/c1-13-7-26(21(28)22(13,11-23)16-2-3-16)19-5-14(4-18-20(19)30-12-24-18)15-6-25-27(8-15)17-9-29-10-17/h4-6,8,12-13,16-17H,2-3,7,9-10H2,1H3/t13-,22+/m1/s1. The topological polar surface area (TPSA) is 84.0 Å². The van der Waals surface area contributed by atoms with Gasteiger partial charge < -0.3 is 9.64 Å². The van der Waals surface area contributed by atoms with E-state index in [2.05, 4.69) is 28.3 Å². The smallest absolute Gasteiger partial charge is 0.248 e. The summed E-state index contributed by atoms with van der Waals surface area (Å²) >= 11 is 1.54. The van der Waals surface area contributed by atoms with Gasteiger partial charge in [0.25, 0.3) is 0 Å². The van der Waals surface area contributed by atoms with E-state index in [0.717, 1.165) is 39.9 Å². The molecule has 2 aliphatic heterocycles. The zero-order valence-electron chi connectivity index (χ0n) is 16.6. The lowest BCUT2D eigenvalue weighted by Gasteiger charge is -2.25. The highest BCUT2D eigenvalue weighted by Gasteiger charge is 2.61. The maximum Gasteiger partial charge on any atom is 0.248 e. The van der Waals surface area contributed by atoms with Crippen LogP contribution in [0.3, 0.4) is 0 Å². The van der Waals surface area contributed by atoms with Crippen LogP contribution in [-0.2, 0) is 9.53 Å². The van der Waals surface area contributed by atoms with E-state index in [9.17, 15) is 10.1 Å². The molecular formula is C22H21N5O2S.